The number of hydrogen-bond acceptors (Lipinski definition) is 6. The minimum absolute atomic E-state index is 0.0852. The van der Waals surface area contributed by atoms with Crippen LogP contribution in [-0.2, 0) is 24.0 Å². The van der Waals surface area contributed by atoms with Crippen LogP contribution in [0, 0.1) is 0 Å². The van der Waals surface area contributed by atoms with Crippen molar-refractivity contribution >= 4 is 11.6 Å². The van der Waals surface area contributed by atoms with E-state index in [4.69, 9.17) is 9.72 Å². The molecule has 4 heterocycles. The Morgan fingerprint density at radius 2 is 2.15 bits per heavy atom. The Morgan fingerprint density at radius 1 is 1.26 bits per heavy atom. The summed E-state index contributed by atoms with van der Waals surface area (Å²) in [4.78, 5) is 28.8. The van der Waals surface area contributed by atoms with Crippen LogP contribution in [0.5, 0.6) is 0 Å². The van der Waals surface area contributed by atoms with Crippen LogP contribution in [0.1, 0.15) is 53.5 Å². The van der Waals surface area contributed by atoms with Gasteiger partial charge in [-0.25, -0.2) is 4.98 Å². The third-order valence-electron chi connectivity index (χ3n) is 5.53. The van der Waals surface area contributed by atoms with Gasteiger partial charge in [0.2, 0.25) is 0 Å². The molecule has 2 aliphatic rings. The number of hydrogen-bond donors (Lipinski definition) is 0. The first-order chi connectivity index (χ1) is 13.2. The molecular formula is C21H26N4O2. The molecule has 1 saturated heterocycles. The molecule has 0 aliphatic carbocycles. The van der Waals surface area contributed by atoms with E-state index in [1.54, 1.807) is 18.6 Å². The van der Waals surface area contributed by atoms with Gasteiger partial charge >= 0.3 is 0 Å². The number of piperidine rings is 1. The predicted octanol–water partition coefficient (Wildman–Crippen LogP) is 2.79. The van der Waals surface area contributed by atoms with Crippen molar-refractivity contribution in [1.82, 2.24) is 15.0 Å². The summed E-state index contributed by atoms with van der Waals surface area (Å²) in [6.45, 7) is 4.55. The number of nitrogens with zero attached hydrogens (tertiary/aromatic N) is 4. The van der Waals surface area contributed by atoms with E-state index in [2.05, 4.69) is 21.8 Å². The largest absolute Gasteiger partial charge is 0.381 e. The number of rotatable bonds is 4. The molecule has 2 aromatic heterocycles. The number of fused-ring (bicyclic) bond motifs is 1. The Balaban J connectivity index is 1.71. The lowest BCUT2D eigenvalue weighted by atomic mass is 9.95. The van der Waals surface area contributed by atoms with Crippen molar-refractivity contribution in [3.8, 4) is 0 Å². The Kier molecular flexibility index (Phi) is 5.43. The lowest BCUT2D eigenvalue weighted by Gasteiger charge is -2.35. The number of aromatic nitrogens is 3. The normalized spacial score (nSPS) is 20.0. The molecule has 0 N–H and O–H groups in total. The zero-order valence-electron chi connectivity index (χ0n) is 15.9. The fourth-order valence-electron chi connectivity index (χ4n) is 4.06. The van der Waals surface area contributed by atoms with Crippen LogP contribution in [0.15, 0.2) is 24.7 Å². The molecule has 2 aliphatic heterocycles. The highest BCUT2D eigenvalue weighted by molar-refractivity contribution is 5.99. The zero-order chi connectivity index (χ0) is 18.6. The van der Waals surface area contributed by atoms with E-state index in [9.17, 15) is 4.79 Å². The molecule has 27 heavy (non-hydrogen) atoms. The Hall–Kier alpha value is -2.34. The quantitative estimate of drug-likeness (QED) is 0.775. The molecular weight excluding hydrogens is 340 g/mol. The van der Waals surface area contributed by atoms with Gasteiger partial charge in [-0.05, 0) is 44.2 Å². The number of Topliss-reactive ketones (excluding diaryl/α,β-unsaturated/α-hetero) is 1. The molecule has 6 nitrogen and oxygen atoms in total. The summed E-state index contributed by atoms with van der Waals surface area (Å²) in [6.07, 6.45) is 10.3. The third-order valence-corrected chi connectivity index (χ3v) is 5.53. The monoisotopic (exact) mass is 366 g/mol. The average Bonchev–Trinajstić information content (AvgIpc) is 2.94. The molecule has 0 aromatic carbocycles. The first-order valence-electron chi connectivity index (χ1n) is 9.87. The van der Waals surface area contributed by atoms with Gasteiger partial charge < -0.3 is 9.64 Å². The lowest BCUT2D eigenvalue weighted by Crippen LogP contribution is -2.38. The van der Waals surface area contributed by atoms with Gasteiger partial charge in [0, 0.05) is 48.9 Å². The first-order valence-corrected chi connectivity index (χ1v) is 9.87. The van der Waals surface area contributed by atoms with Crippen LogP contribution in [0.3, 0.4) is 0 Å². The lowest BCUT2D eigenvalue weighted by molar-refractivity contribution is 0.0990. The zero-order valence-corrected chi connectivity index (χ0v) is 15.9. The summed E-state index contributed by atoms with van der Waals surface area (Å²) in [5, 5.41) is 0. The molecule has 0 bridgehead atoms. The molecule has 1 atom stereocenters. The third kappa shape index (κ3) is 4.00. The maximum atomic E-state index is 13.2. The van der Waals surface area contributed by atoms with Gasteiger partial charge in [-0.1, -0.05) is 0 Å². The molecule has 1 fully saturated rings. The van der Waals surface area contributed by atoms with E-state index in [1.165, 1.54) is 19.3 Å². The Labute approximate surface area is 160 Å². The van der Waals surface area contributed by atoms with Gasteiger partial charge in [-0.15, -0.1) is 0 Å². The second kappa shape index (κ2) is 8.13. The van der Waals surface area contributed by atoms with Crippen LogP contribution in [-0.4, -0.2) is 46.5 Å². The summed E-state index contributed by atoms with van der Waals surface area (Å²) < 4.78 is 5.65. The molecule has 2 aromatic rings. The highest BCUT2D eigenvalue weighted by atomic mass is 16.5. The smallest absolute Gasteiger partial charge is 0.169 e. The highest BCUT2D eigenvalue weighted by Crippen LogP contribution is 2.28. The molecule has 0 amide bonds. The van der Waals surface area contributed by atoms with Crippen molar-refractivity contribution in [1.29, 1.82) is 0 Å². The molecule has 0 unspecified atom stereocenters. The summed E-state index contributed by atoms with van der Waals surface area (Å²) in [7, 11) is 0. The van der Waals surface area contributed by atoms with Crippen molar-refractivity contribution in [2.45, 2.75) is 51.5 Å². The second-order valence-electron chi connectivity index (χ2n) is 7.40. The minimum Gasteiger partial charge on any atom is -0.381 e. The van der Waals surface area contributed by atoms with E-state index in [0.29, 0.717) is 24.9 Å². The van der Waals surface area contributed by atoms with Crippen LogP contribution < -0.4 is 4.90 Å². The topological polar surface area (TPSA) is 68.2 Å². The van der Waals surface area contributed by atoms with Gasteiger partial charge in [0.25, 0.3) is 0 Å². The Morgan fingerprint density at radius 3 is 2.96 bits per heavy atom. The molecule has 4 rings (SSSR count). The predicted molar refractivity (Wildman–Crippen MR) is 103 cm³/mol. The van der Waals surface area contributed by atoms with E-state index < -0.39 is 0 Å². The van der Waals surface area contributed by atoms with Crippen molar-refractivity contribution in [2.24, 2.45) is 0 Å². The Bertz CT molecular complexity index is 809. The first kappa shape index (κ1) is 18.0. The van der Waals surface area contributed by atoms with Crippen molar-refractivity contribution in [2.75, 3.05) is 24.7 Å². The maximum Gasteiger partial charge on any atom is 0.169 e. The summed E-state index contributed by atoms with van der Waals surface area (Å²) in [5.41, 5.74) is 3.55. The van der Waals surface area contributed by atoms with Crippen molar-refractivity contribution in [3.05, 3.63) is 47.2 Å². The maximum absolute atomic E-state index is 13.2. The van der Waals surface area contributed by atoms with Crippen LogP contribution >= 0.6 is 0 Å². The van der Waals surface area contributed by atoms with Crippen molar-refractivity contribution in [3.63, 3.8) is 0 Å². The van der Waals surface area contributed by atoms with E-state index in [1.807, 2.05) is 6.07 Å². The van der Waals surface area contributed by atoms with Crippen LogP contribution in [0.25, 0.3) is 0 Å². The van der Waals surface area contributed by atoms with Gasteiger partial charge in [0.1, 0.15) is 5.82 Å². The molecule has 0 saturated carbocycles. The summed E-state index contributed by atoms with van der Waals surface area (Å²) in [6, 6.07) is 2.46. The van der Waals surface area contributed by atoms with Gasteiger partial charge in [-0.3, -0.25) is 14.8 Å². The number of pyridine rings is 1. The second-order valence-corrected chi connectivity index (χ2v) is 7.40. The van der Waals surface area contributed by atoms with E-state index >= 15 is 0 Å². The molecule has 142 valence electrons. The van der Waals surface area contributed by atoms with Gasteiger partial charge in [0.05, 0.1) is 25.3 Å². The molecule has 0 spiro atoms. The number of ether oxygens (including phenoxy) is 1. The number of anilines is 1. The standard InChI is InChI=1S/C21H26N4O2/c1-15-4-2-3-9-25(15)21-13-18(17-5-10-27-11-6-19(17)24-21)20(26)12-16-14-22-7-8-23-16/h7-8,13-15H,2-6,9-12H2,1H3/t15-/m1/s1. The minimum atomic E-state index is 0.0852. The van der Waals surface area contributed by atoms with Crippen LogP contribution in [0.4, 0.5) is 5.82 Å². The fourth-order valence-corrected chi connectivity index (χ4v) is 4.06. The SMILES string of the molecule is C[C@@H]1CCCCN1c1cc(C(=O)Cc2cnccn2)c2c(n1)CCOCC2. The number of carbonyl (C=O) groups excluding carboxylic acids is 1. The number of carbonyl (C=O) groups is 1. The summed E-state index contributed by atoms with van der Waals surface area (Å²) in [5.74, 6) is 1.02. The highest BCUT2D eigenvalue weighted by Gasteiger charge is 2.25. The van der Waals surface area contributed by atoms with Crippen molar-refractivity contribution < 1.29 is 9.53 Å². The van der Waals surface area contributed by atoms with Gasteiger partial charge in [0.15, 0.2) is 5.78 Å². The average molecular weight is 366 g/mol. The van der Waals surface area contributed by atoms with E-state index in [-0.39, 0.29) is 12.2 Å². The molecule has 0 radical (unpaired) electrons. The van der Waals surface area contributed by atoms with Crippen LogP contribution in [0.2, 0.25) is 0 Å². The summed E-state index contributed by atoms with van der Waals surface area (Å²) >= 11 is 0. The number of ketones is 1. The van der Waals surface area contributed by atoms with E-state index in [0.717, 1.165) is 42.0 Å². The fraction of sp³-hybridized carbons (Fsp3) is 0.524. The van der Waals surface area contributed by atoms with Gasteiger partial charge in [-0.2, -0.15) is 0 Å². The molecule has 6 heteroatoms.